The summed E-state index contributed by atoms with van der Waals surface area (Å²) in [5.74, 6) is -0.346. The van der Waals surface area contributed by atoms with Crippen molar-refractivity contribution in [3.8, 4) is 16.9 Å². The summed E-state index contributed by atoms with van der Waals surface area (Å²) < 4.78 is 10.4. The molecule has 27 heavy (non-hydrogen) atoms. The highest BCUT2D eigenvalue weighted by Gasteiger charge is 2.24. The first kappa shape index (κ1) is 20.3. The third kappa shape index (κ3) is 6.33. The Morgan fingerprint density at radius 1 is 1.07 bits per heavy atom. The topological polar surface area (TPSA) is 84.9 Å². The molecule has 1 amide bonds. The quantitative estimate of drug-likeness (QED) is 0.805. The molecule has 0 saturated heterocycles. The Morgan fingerprint density at radius 2 is 1.74 bits per heavy atom. The molecule has 6 heteroatoms. The summed E-state index contributed by atoms with van der Waals surface area (Å²) in [6.07, 6.45) is -0.588. The molecule has 1 atom stereocenters. The van der Waals surface area contributed by atoms with E-state index in [1.54, 1.807) is 27.9 Å². The number of nitrogens with one attached hydrogen (secondary N) is 1. The molecule has 0 aliphatic carbocycles. The Morgan fingerprint density at radius 3 is 2.30 bits per heavy atom. The average Bonchev–Trinajstić information content (AvgIpc) is 2.60. The molecule has 2 N–H and O–H groups in total. The average molecular weight is 371 g/mol. The first-order chi connectivity index (χ1) is 12.7. The van der Waals surface area contributed by atoms with Gasteiger partial charge in [0, 0.05) is 6.42 Å². The number of ether oxygens (including phenoxy) is 2. The maximum atomic E-state index is 11.9. The fraction of sp³-hybridized carbons (Fsp3) is 0.333. The van der Waals surface area contributed by atoms with E-state index < -0.39 is 23.7 Å². The molecular weight excluding hydrogens is 346 g/mol. The number of hydrogen-bond donors (Lipinski definition) is 2. The molecule has 0 saturated carbocycles. The van der Waals surface area contributed by atoms with E-state index in [0.29, 0.717) is 0 Å². The van der Waals surface area contributed by atoms with Gasteiger partial charge in [0.2, 0.25) is 0 Å². The maximum Gasteiger partial charge on any atom is 0.408 e. The van der Waals surface area contributed by atoms with Gasteiger partial charge in [-0.1, -0.05) is 36.4 Å². The standard InChI is InChI=1S/C21H25NO5/c1-21(2,3)27-20(25)22-18(19(23)24)12-14-8-10-15(11-9-14)16-6-5-7-17(13-16)26-4/h5-11,13,18H,12H2,1-4H3,(H,22,25)(H,23,24). The molecule has 0 spiro atoms. The fourth-order valence-electron chi connectivity index (χ4n) is 2.52. The van der Waals surface area contributed by atoms with Gasteiger partial charge in [-0.25, -0.2) is 9.59 Å². The fourth-order valence-corrected chi connectivity index (χ4v) is 2.52. The van der Waals surface area contributed by atoms with Crippen molar-refractivity contribution in [3.05, 3.63) is 54.1 Å². The summed E-state index contributed by atoms with van der Waals surface area (Å²) in [5.41, 5.74) is 2.10. The highest BCUT2D eigenvalue weighted by atomic mass is 16.6. The normalized spacial score (nSPS) is 12.1. The van der Waals surface area contributed by atoms with Crippen molar-refractivity contribution in [2.75, 3.05) is 7.11 Å². The molecule has 0 bridgehead atoms. The third-order valence-electron chi connectivity index (χ3n) is 3.79. The number of methoxy groups -OCH3 is 1. The lowest BCUT2D eigenvalue weighted by atomic mass is 10.0. The minimum Gasteiger partial charge on any atom is -0.497 e. The van der Waals surface area contributed by atoms with Crippen molar-refractivity contribution < 1.29 is 24.2 Å². The number of rotatable bonds is 6. The molecule has 1 unspecified atom stereocenters. The second-order valence-electron chi connectivity index (χ2n) is 7.17. The number of aliphatic carboxylic acids is 1. The van der Waals surface area contributed by atoms with Gasteiger partial charge in [-0.15, -0.1) is 0 Å². The molecule has 2 rings (SSSR count). The van der Waals surface area contributed by atoms with Crippen molar-refractivity contribution >= 4 is 12.1 Å². The van der Waals surface area contributed by atoms with Gasteiger partial charge >= 0.3 is 12.1 Å². The summed E-state index contributed by atoms with van der Waals surface area (Å²) >= 11 is 0. The van der Waals surface area contributed by atoms with Crippen LogP contribution in [0.2, 0.25) is 0 Å². The van der Waals surface area contributed by atoms with Gasteiger partial charge in [0.1, 0.15) is 17.4 Å². The minimum absolute atomic E-state index is 0.160. The molecule has 0 fully saturated rings. The zero-order chi connectivity index (χ0) is 20.0. The lowest BCUT2D eigenvalue weighted by molar-refractivity contribution is -0.139. The highest BCUT2D eigenvalue weighted by Crippen LogP contribution is 2.24. The van der Waals surface area contributed by atoms with Gasteiger partial charge < -0.3 is 19.9 Å². The summed E-state index contributed by atoms with van der Waals surface area (Å²) in [6.45, 7) is 5.17. The van der Waals surface area contributed by atoms with Crippen LogP contribution >= 0.6 is 0 Å². The summed E-state index contributed by atoms with van der Waals surface area (Å²) in [4.78, 5) is 23.3. The number of carboxylic acid groups (broad SMARTS) is 1. The van der Waals surface area contributed by atoms with Crippen LogP contribution in [0.1, 0.15) is 26.3 Å². The van der Waals surface area contributed by atoms with Crippen molar-refractivity contribution in [2.24, 2.45) is 0 Å². The summed E-state index contributed by atoms with van der Waals surface area (Å²) in [6, 6.07) is 14.1. The highest BCUT2D eigenvalue weighted by molar-refractivity contribution is 5.80. The Hall–Kier alpha value is -3.02. The maximum absolute atomic E-state index is 11.9. The van der Waals surface area contributed by atoms with Crippen LogP contribution in [-0.2, 0) is 16.0 Å². The van der Waals surface area contributed by atoms with E-state index in [4.69, 9.17) is 9.47 Å². The molecule has 0 aliphatic heterocycles. The van der Waals surface area contributed by atoms with Gasteiger partial charge in [0.05, 0.1) is 7.11 Å². The predicted octanol–water partition coefficient (Wildman–Crippen LogP) is 3.88. The largest absolute Gasteiger partial charge is 0.497 e. The third-order valence-corrected chi connectivity index (χ3v) is 3.79. The second-order valence-corrected chi connectivity index (χ2v) is 7.17. The van der Waals surface area contributed by atoms with E-state index >= 15 is 0 Å². The number of alkyl carbamates (subject to hydrolysis) is 1. The van der Waals surface area contributed by atoms with E-state index in [2.05, 4.69) is 5.32 Å². The van der Waals surface area contributed by atoms with Gasteiger partial charge in [0.15, 0.2) is 0 Å². The summed E-state index contributed by atoms with van der Waals surface area (Å²) in [7, 11) is 1.62. The lowest BCUT2D eigenvalue weighted by Crippen LogP contribution is -2.44. The van der Waals surface area contributed by atoms with Gasteiger partial charge in [-0.2, -0.15) is 0 Å². The van der Waals surface area contributed by atoms with Crippen LogP contribution in [-0.4, -0.2) is 35.9 Å². The van der Waals surface area contributed by atoms with E-state index in [0.717, 1.165) is 22.4 Å². The lowest BCUT2D eigenvalue weighted by Gasteiger charge is -2.22. The van der Waals surface area contributed by atoms with Crippen LogP contribution in [0, 0.1) is 0 Å². The number of hydrogen-bond acceptors (Lipinski definition) is 4. The molecule has 144 valence electrons. The first-order valence-electron chi connectivity index (χ1n) is 8.63. The molecule has 2 aromatic rings. The molecule has 0 radical (unpaired) electrons. The SMILES string of the molecule is COc1cccc(-c2ccc(CC(NC(=O)OC(C)(C)C)C(=O)O)cc2)c1. The van der Waals surface area contributed by atoms with Crippen LogP contribution in [0.3, 0.4) is 0 Å². The first-order valence-corrected chi connectivity index (χ1v) is 8.63. The Kier molecular flexibility index (Phi) is 6.45. The van der Waals surface area contributed by atoms with Crippen molar-refractivity contribution in [1.82, 2.24) is 5.32 Å². The van der Waals surface area contributed by atoms with E-state index in [9.17, 15) is 14.7 Å². The Balaban J connectivity index is 2.08. The monoisotopic (exact) mass is 371 g/mol. The smallest absolute Gasteiger partial charge is 0.408 e. The summed E-state index contributed by atoms with van der Waals surface area (Å²) in [5, 5.41) is 11.8. The number of benzene rings is 2. The van der Waals surface area contributed by atoms with Crippen LogP contribution in [0.4, 0.5) is 4.79 Å². The van der Waals surface area contributed by atoms with E-state index in [1.807, 2.05) is 48.5 Å². The second kappa shape index (κ2) is 8.58. The number of carbonyl (C=O) groups excluding carboxylic acids is 1. The molecular formula is C21H25NO5. The van der Waals surface area contributed by atoms with Crippen molar-refractivity contribution in [3.63, 3.8) is 0 Å². The van der Waals surface area contributed by atoms with E-state index in [-0.39, 0.29) is 6.42 Å². The van der Waals surface area contributed by atoms with Crippen molar-refractivity contribution in [2.45, 2.75) is 38.8 Å². The predicted molar refractivity (Wildman–Crippen MR) is 103 cm³/mol. The zero-order valence-electron chi connectivity index (χ0n) is 16.0. The molecule has 6 nitrogen and oxygen atoms in total. The van der Waals surface area contributed by atoms with Gasteiger partial charge in [-0.05, 0) is 49.6 Å². The number of amides is 1. The molecule has 0 aliphatic rings. The molecule has 2 aromatic carbocycles. The molecule has 0 aromatic heterocycles. The van der Waals surface area contributed by atoms with Crippen LogP contribution in [0.5, 0.6) is 5.75 Å². The molecule has 0 heterocycles. The number of carbonyl (C=O) groups is 2. The number of carboxylic acids is 1. The Labute approximate surface area is 159 Å². The zero-order valence-corrected chi connectivity index (χ0v) is 16.0. The minimum atomic E-state index is -1.11. The van der Waals surface area contributed by atoms with Crippen LogP contribution in [0.25, 0.3) is 11.1 Å². The van der Waals surface area contributed by atoms with Gasteiger partial charge in [-0.3, -0.25) is 0 Å². The Bertz CT molecular complexity index is 793. The van der Waals surface area contributed by atoms with Crippen LogP contribution < -0.4 is 10.1 Å². The van der Waals surface area contributed by atoms with E-state index in [1.165, 1.54) is 0 Å². The van der Waals surface area contributed by atoms with Gasteiger partial charge in [0.25, 0.3) is 0 Å². The van der Waals surface area contributed by atoms with Crippen molar-refractivity contribution in [1.29, 1.82) is 0 Å². The van der Waals surface area contributed by atoms with Crippen LogP contribution in [0.15, 0.2) is 48.5 Å².